The number of nitrogens with one attached hydrogen (secondary N) is 1. The molecular weight excluding hydrogens is 134 g/mol. The average Bonchev–Trinajstić information content (AvgIpc) is 2.17. The molecule has 0 saturated heterocycles. The summed E-state index contributed by atoms with van der Waals surface area (Å²) in [5.74, 6) is 2.67. The van der Waals surface area contributed by atoms with Crippen molar-refractivity contribution in [1.29, 1.82) is 0 Å². The molecule has 0 radical (unpaired) electrons. The van der Waals surface area contributed by atoms with Crippen molar-refractivity contribution < 1.29 is 0 Å². The van der Waals surface area contributed by atoms with Gasteiger partial charge >= 0.3 is 0 Å². The first-order chi connectivity index (χ1) is 4.33. The van der Waals surface area contributed by atoms with E-state index in [9.17, 15) is 0 Å². The van der Waals surface area contributed by atoms with Crippen LogP contribution in [0.4, 0.5) is 0 Å². The summed E-state index contributed by atoms with van der Waals surface area (Å²) in [6.45, 7) is 1.90. The monoisotopic (exact) mass is 143 g/mol. The van der Waals surface area contributed by atoms with E-state index in [2.05, 4.69) is 15.2 Å². The normalized spacial score (nSPS) is 10.0. The highest BCUT2D eigenvalue weighted by Gasteiger charge is 1.95. The third-order valence-electron chi connectivity index (χ3n) is 0.917. The van der Waals surface area contributed by atoms with Crippen LogP contribution in [0.5, 0.6) is 0 Å². The van der Waals surface area contributed by atoms with Gasteiger partial charge < -0.3 is 0 Å². The lowest BCUT2D eigenvalue weighted by molar-refractivity contribution is 1.01. The van der Waals surface area contributed by atoms with Crippen molar-refractivity contribution in [3.63, 3.8) is 0 Å². The second kappa shape index (κ2) is 2.87. The number of rotatable bonds is 2. The number of hydrogen-bond donors (Lipinski definition) is 1. The Morgan fingerprint density at radius 2 is 2.44 bits per heavy atom. The van der Waals surface area contributed by atoms with E-state index in [1.54, 1.807) is 11.8 Å². The van der Waals surface area contributed by atoms with Gasteiger partial charge in [-0.1, -0.05) is 0 Å². The van der Waals surface area contributed by atoms with E-state index in [-0.39, 0.29) is 0 Å². The van der Waals surface area contributed by atoms with Gasteiger partial charge in [0.05, 0.1) is 5.75 Å². The minimum Gasteiger partial charge on any atom is -0.263 e. The quantitative estimate of drug-likeness (QED) is 0.671. The smallest absolute Gasteiger partial charge is 0.160 e. The first kappa shape index (κ1) is 6.61. The number of aryl methyl sites for hydroxylation is 1. The predicted molar refractivity (Wildman–Crippen MR) is 38.3 cm³/mol. The van der Waals surface area contributed by atoms with E-state index in [1.807, 2.05) is 13.2 Å². The van der Waals surface area contributed by atoms with Crippen molar-refractivity contribution >= 4 is 11.8 Å². The minimum atomic E-state index is 0.888. The molecule has 1 aromatic rings. The van der Waals surface area contributed by atoms with Crippen LogP contribution in [0.2, 0.25) is 0 Å². The summed E-state index contributed by atoms with van der Waals surface area (Å²) in [6.07, 6.45) is 2.03. The zero-order valence-corrected chi connectivity index (χ0v) is 6.33. The predicted octanol–water partition coefficient (Wildman–Crippen LogP) is 0.976. The summed E-state index contributed by atoms with van der Waals surface area (Å²) in [6, 6.07) is 0. The highest BCUT2D eigenvalue weighted by Crippen LogP contribution is 2.01. The van der Waals surface area contributed by atoms with E-state index in [1.165, 1.54) is 0 Å². The van der Waals surface area contributed by atoms with Crippen molar-refractivity contribution in [2.24, 2.45) is 0 Å². The Hall–Kier alpha value is -0.510. The summed E-state index contributed by atoms with van der Waals surface area (Å²) >= 11 is 1.72. The third kappa shape index (κ3) is 1.71. The van der Waals surface area contributed by atoms with Gasteiger partial charge in [-0.05, 0) is 13.2 Å². The van der Waals surface area contributed by atoms with Crippen molar-refractivity contribution in [2.45, 2.75) is 12.7 Å². The third-order valence-corrected chi connectivity index (χ3v) is 1.46. The first-order valence-corrected chi connectivity index (χ1v) is 4.09. The van der Waals surface area contributed by atoms with E-state index >= 15 is 0 Å². The molecule has 1 N–H and O–H groups in total. The Bertz CT molecular complexity index is 184. The zero-order valence-electron chi connectivity index (χ0n) is 5.51. The van der Waals surface area contributed by atoms with E-state index in [4.69, 9.17) is 0 Å². The molecule has 0 amide bonds. The average molecular weight is 143 g/mol. The largest absolute Gasteiger partial charge is 0.263 e. The van der Waals surface area contributed by atoms with E-state index in [0.29, 0.717) is 0 Å². The highest BCUT2D eigenvalue weighted by atomic mass is 32.2. The van der Waals surface area contributed by atoms with Crippen molar-refractivity contribution in [1.82, 2.24) is 15.2 Å². The fraction of sp³-hybridized carbons (Fsp3) is 0.600. The van der Waals surface area contributed by atoms with Crippen LogP contribution >= 0.6 is 11.8 Å². The fourth-order valence-electron chi connectivity index (χ4n) is 0.583. The molecule has 0 saturated carbocycles. The second-order valence-electron chi connectivity index (χ2n) is 1.77. The van der Waals surface area contributed by atoms with Gasteiger partial charge in [0.15, 0.2) is 5.82 Å². The first-order valence-electron chi connectivity index (χ1n) is 2.69. The molecule has 0 aliphatic heterocycles. The Morgan fingerprint density at radius 3 is 2.89 bits per heavy atom. The summed E-state index contributed by atoms with van der Waals surface area (Å²) in [7, 11) is 0. The molecule has 1 heterocycles. The Kier molecular flexibility index (Phi) is 2.10. The molecule has 3 nitrogen and oxygen atoms in total. The summed E-state index contributed by atoms with van der Waals surface area (Å²) in [5.41, 5.74) is 0. The molecule has 50 valence electrons. The molecule has 1 aromatic heterocycles. The highest BCUT2D eigenvalue weighted by molar-refractivity contribution is 7.97. The van der Waals surface area contributed by atoms with Gasteiger partial charge in [-0.2, -0.15) is 16.9 Å². The number of nitrogens with zero attached hydrogens (tertiary/aromatic N) is 2. The van der Waals surface area contributed by atoms with Crippen LogP contribution in [0.1, 0.15) is 11.6 Å². The molecule has 4 heteroatoms. The summed E-state index contributed by atoms with van der Waals surface area (Å²) in [4.78, 5) is 4.11. The molecule has 0 spiro atoms. The lowest BCUT2D eigenvalue weighted by Crippen LogP contribution is -1.81. The molecule has 1 rings (SSSR count). The van der Waals surface area contributed by atoms with Gasteiger partial charge in [-0.25, -0.2) is 4.98 Å². The van der Waals surface area contributed by atoms with Gasteiger partial charge in [-0.3, -0.25) is 5.10 Å². The zero-order chi connectivity index (χ0) is 6.69. The van der Waals surface area contributed by atoms with Crippen LogP contribution < -0.4 is 0 Å². The second-order valence-corrected chi connectivity index (χ2v) is 2.64. The van der Waals surface area contributed by atoms with Crippen molar-refractivity contribution in [3.8, 4) is 0 Å². The Morgan fingerprint density at radius 1 is 1.67 bits per heavy atom. The lowest BCUT2D eigenvalue weighted by Gasteiger charge is -1.83. The topological polar surface area (TPSA) is 41.6 Å². The number of aromatic amines is 1. The van der Waals surface area contributed by atoms with E-state index < -0.39 is 0 Å². The Balaban J connectivity index is 2.61. The molecule has 0 unspecified atom stereocenters. The van der Waals surface area contributed by atoms with Crippen LogP contribution in [0.25, 0.3) is 0 Å². The van der Waals surface area contributed by atoms with Gasteiger partial charge in [0.25, 0.3) is 0 Å². The number of H-pyrrole nitrogens is 1. The maximum atomic E-state index is 4.11. The van der Waals surface area contributed by atoms with Gasteiger partial charge in [0, 0.05) is 0 Å². The summed E-state index contributed by atoms with van der Waals surface area (Å²) in [5, 5.41) is 6.73. The van der Waals surface area contributed by atoms with Gasteiger partial charge in [0.2, 0.25) is 0 Å². The number of hydrogen-bond acceptors (Lipinski definition) is 3. The van der Waals surface area contributed by atoms with Gasteiger partial charge in [0.1, 0.15) is 5.82 Å². The number of thioether (sulfide) groups is 1. The SMILES string of the molecule is CSCc1n[nH]c(C)n1. The molecule has 9 heavy (non-hydrogen) atoms. The molecule has 0 atom stereocenters. The van der Waals surface area contributed by atoms with Crippen LogP contribution in [-0.2, 0) is 5.75 Å². The van der Waals surface area contributed by atoms with Crippen molar-refractivity contribution in [2.75, 3.05) is 6.26 Å². The summed E-state index contributed by atoms with van der Waals surface area (Å²) < 4.78 is 0. The van der Waals surface area contributed by atoms with Gasteiger partial charge in [-0.15, -0.1) is 0 Å². The van der Waals surface area contributed by atoms with Crippen LogP contribution in [0.15, 0.2) is 0 Å². The minimum absolute atomic E-state index is 0.888. The van der Waals surface area contributed by atoms with Crippen LogP contribution in [0, 0.1) is 6.92 Å². The van der Waals surface area contributed by atoms with Crippen LogP contribution in [-0.4, -0.2) is 21.4 Å². The molecule has 0 aliphatic rings. The van der Waals surface area contributed by atoms with E-state index in [0.717, 1.165) is 17.4 Å². The number of aromatic nitrogens is 3. The molecular formula is C5H9N3S. The molecule has 0 aliphatic carbocycles. The van der Waals surface area contributed by atoms with Crippen LogP contribution in [0.3, 0.4) is 0 Å². The maximum Gasteiger partial charge on any atom is 0.160 e. The van der Waals surface area contributed by atoms with Crippen molar-refractivity contribution in [3.05, 3.63) is 11.6 Å². The maximum absolute atomic E-state index is 4.11. The Labute approximate surface area is 58.3 Å². The lowest BCUT2D eigenvalue weighted by atomic mass is 10.7. The molecule has 0 fully saturated rings. The molecule has 0 bridgehead atoms. The fourth-order valence-corrected chi connectivity index (χ4v) is 0.970. The molecule has 0 aromatic carbocycles. The standard InChI is InChI=1S/C5H9N3S/c1-4-6-5(3-9-2)8-7-4/h3H2,1-2H3,(H,6,7,8).